The average molecular weight is 380 g/mol. The summed E-state index contributed by atoms with van der Waals surface area (Å²) in [6.45, 7) is 6.05. The Morgan fingerprint density at radius 1 is 1.33 bits per heavy atom. The van der Waals surface area contributed by atoms with Gasteiger partial charge in [-0.1, -0.05) is 20.8 Å². The van der Waals surface area contributed by atoms with E-state index in [2.05, 4.69) is 15.3 Å². The number of aromatic nitrogens is 2. The second-order valence-corrected chi connectivity index (χ2v) is 7.43. The van der Waals surface area contributed by atoms with Crippen molar-refractivity contribution in [1.82, 2.24) is 15.3 Å². The minimum atomic E-state index is -1.66. The predicted molar refractivity (Wildman–Crippen MR) is 98.1 cm³/mol. The van der Waals surface area contributed by atoms with Crippen LogP contribution < -0.4 is 10.2 Å². The molecule has 1 aliphatic heterocycles. The first-order chi connectivity index (χ1) is 12.7. The van der Waals surface area contributed by atoms with Gasteiger partial charge in [-0.25, -0.2) is 14.4 Å². The van der Waals surface area contributed by atoms with Gasteiger partial charge in [0, 0.05) is 18.9 Å². The Labute approximate surface area is 158 Å². The van der Waals surface area contributed by atoms with Crippen LogP contribution >= 0.6 is 0 Å². The Morgan fingerprint density at radius 3 is 2.44 bits per heavy atom. The predicted octanol–water partition coefficient (Wildman–Crippen LogP) is 0.333. The van der Waals surface area contributed by atoms with E-state index in [0.29, 0.717) is 25.3 Å². The van der Waals surface area contributed by atoms with Crippen LogP contribution in [-0.4, -0.2) is 57.4 Å². The number of nitrogens with zero attached hydrogens (tertiary/aromatic N) is 3. The molecule has 10 heteroatoms. The van der Waals surface area contributed by atoms with Gasteiger partial charge >= 0.3 is 7.12 Å². The summed E-state index contributed by atoms with van der Waals surface area (Å²) in [6, 6.07) is -0.430. The summed E-state index contributed by atoms with van der Waals surface area (Å²) >= 11 is 0. The maximum absolute atomic E-state index is 12.9. The number of Topliss-reactive ketones (excluding diaryl/α,β-unsaturated/α-hetero) is 1. The number of nitrogens with one attached hydrogen (secondary N) is 1. The summed E-state index contributed by atoms with van der Waals surface area (Å²) in [5.74, 6) is -1.99. The third-order valence-corrected chi connectivity index (χ3v) is 4.62. The lowest BCUT2D eigenvalue weighted by Crippen LogP contribution is -2.54. The van der Waals surface area contributed by atoms with Crippen molar-refractivity contribution >= 4 is 24.8 Å². The van der Waals surface area contributed by atoms with Crippen LogP contribution in [0.4, 0.5) is 10.3 Å². The minimum absolute atomic E-state index is 0.0180. The summed E-state index contributed by atoms with van der Waals surface area (Å²) in [5, 5.41) is 21.4. The molecule has 148 valence electrons. The zero-order valence-corrected chi connectivity index (χ0v) is 15.8. The summed E-state index contributed by atoms with van der Waals surface area (Å²) < 4.78 is 12.9. The highest BCUT2D eigenvalue weighted by Gasteiger charge is 2.37. The summed E-state index contributed by atoms with van der Waals surface area (Å²) in [6.07, 6.45) is 3.16. The normalized spacial score (nSPS) is 18.6. The van der Waals surface area contributed by atoms with E-state index in [4.69, 9.17) is 0 Å². The average Bonchev–Trinajstić information content (AvgIpc) is 2.54. The molecule has 0 unspecified atom stereocenters. The molecule has 3 N–H and O–H groups in total. The van der Waals surface area contributed by atoms with Crippen LogP contribution in [0.1, 0.15) is 40.0 Å². The molecule has 2 rings (SSSR count). The molecule has 3 atom stereocenters. The van der Waals surface area contributed by atoms with Crippen LogP contribution in [-0.2, 0) is 9.59 Å². The van der Waals surface area contributed by atoms with Crippen molar-refractivity contribution in [2.45, 2.75) is 52.0 Å². The van der Waals surface area contributed by atoms with Crippen LogP contribution in [0, 0.1) is 17.7 Å². The molecule has 2 heterocycles. The quantitative estimate of drug-likeness (QED) is 0.529. The van der Waals surface area contributed by atoms with E-state index in [1.54, 1.807) is 11.8 Å². The molecule has 1 fully saturated rings. The van der Waals surface area contributed by atoms with E-state index in [9.17, 15) is 24.0 Å². The largest absolute Gasteiger partial charge is 0.475 e. The first-order valence-corrected chi connectivity index (χ1v) is 9.12. The maximum atomic E-state index is 12.9. The SMILES string of the molecule is CC(C)C[C@H](NC(=O)[C@H](C)CC(=O)[C@@H]1CCN1c1ncc(F)cn1)B(O)O. The molecule has 8 nitrogen and oxygen atoms in total. The van der Waals surface area contributed by atoms with Gasteiger partial charge in [0.1, 0.15) is 0 Å². The fraction of sp³-hybridized carbons (Fsp3) is 0.647. The van der Waals surface area contributed by atoms with E-state index in [0.717, 1.165) is 12.4 Å². The third kappa shape index (κ3) is 5.70. The molecule has 0 spiro atoms. The summed E-state index contributed by atoms with van der Waals surface area (Å²) in [4.78, 5) is 34.3. The van der Waals surface area contributed by atoms with E-state index in [1.807, 2.05) is 13.8 Å². The van der Waals surface area contributed by atoms with E-state index >= 15 is 0 Å². The molecular weight excluding hydrogens is 354 g/mol. The van der Waals surface area contributed by atoms with Gasteiger partial charge in [-0.05, 0) is 18.8 Å². The zero-order valence-electron chi connectivity index (χ0n) is 15.8. The number of anilines is 1. The van der Waals surface area contributed by atoms with Crippen LogP contribution in [0.2, 0.25) is 0 Å². The highest BCUT2D eigenvalue weighted by molar-refractivity contribution is 6.43. The Bertz CT molecular complexity index is 659. The molecule has 1 saturated heterocycles. The lowest BCUT2D eigenvalue weighted by Gasteiger charge is -2.40. The molecule has 0 aromatic carbocycles. The topological polar surface area (TPSA) is 116 Å². The zero-order chi connectivity index (χ0) is 20.1. The van der Waals surface area contributed by atoms with Gasteiger partial charge in [0.05, 0.1) is 24.4 Å². The van der Waals surface area contributed by atoms with Gasteiger partial charge in [0.25, 0.3) is 0 Å². The van der Waals surface area contributed by atoms with Crippen molar-refractivity contribution in [3.05, 3.63) is 18.2 Å². The van der Waals surface area contributed by atoms with Gasteiger partial charge in [-0.15, -0.1) is 0 Å². The van der Waals surface area contributed by atoms with Gasteiger partial charge in [-0.2, -0.15) is 0 Å². The maximum Gasteiger partial charge on any atom is 0.475 e. The standard InChI is InChI=1S/C17H26BFN4O4/c1-10(2)6-15(18(26)27)22-16(25)11(3)7-14(24)13-4-5-23(13)17-20-8-12(19)9-21-17/h8-11,13,15,26-27H,4-7H2,1-3H3,(H,22,25)/t11-,13+,15+/m1/s1. The van der Waals surface area contributed by atoms with E-state index in [1.165, 1.54) is 0 Å². The second kappa shape index (κ2) is 9.23. The number of hydrogen-bond donors (Lipinski definition) is 3. The molecule has 0 saturated carbocycles. The monoisotopic (exact) mass is 380 g/mol. The van der Waals surface area contributed by atoms with Crippen molar-refractivity contribution in [1.29, 1.82) is 0 Å². The minimum Gasteiger partial charge on any atom is -0.426 e. The van der Waals surface area contributed by atoms with Crippen molar-refractivity contribution < 1.29 is 24.0 Å². The Balaban J connectivity index is 1.90. The summed E-state index contributed by atoms with van der Waals surface area (Å²) in [7, 11) is -1.66. The van der Waals surface area contributed by atoms with E-state index < -0.39 is 36.7 Å². The molecule has 1 aromatic rings. The van der Waals surface area contributed by atoms with Crippen molar-refractivity contribution in [2.75, 3.05) is 11.4 Å². The Kier molecular flexibility index (Phi) is 7.26. The number of halogens is 1. The highest BCUT2D eigenvalue weighted by atomic mass is 19.1. The lowest BCUT2D eigenvalue weighted by atomic mass is 9.74. The lowest BCUT2D eigenvalue weighted by molar-refractivity contribution is -0.130. The Morgan fingerprint density at radius 2 is 1.96 bits per heavy atom. The molecule has 0 bridgehead atoms. The van der Waals surface area contributed by atoms with Gasteiger partial charge < -0.3 is 20.3 Å². The van der Waals surface area contributed by atoms with Crippen LogP contribution in [0.15, 0.2) is 12.4 Å². The second-order valence-electron chi connectivity index (χ2n) is 7.43. The number of rotatable bonds is 9. The number of amides is 1. The van der Waals surface area contributed by atoms with Crippen molar-refractivity contribution in [3.63, 3.8) is 0 Å². The van der Waals surface area contributed by atoms with Crippen molar-refractivity contribution in [3.8, 4) is 0 Å². The fourth-order valence-corrected chi connectivity index (χ4v) is 3.03. The number of hydrogen-bond acceptors (Lipinski definition) is 7. The molecule has 0 radical (unpaired) electrons. The molecular formula is C17H26BFN4O4. The molecule has 27 heavy (non-hydrogen) atoms. The van der Waals surface area contributed by atoms with Gasteiger partial charge in [0.15, 0.2) is 11.6 Å². The first-order valence-electron chi connectivity index (χ1n) is 9.12. The molecule has 1 amide bonds. The highest BCUT2D eigenvalue weighted by Crippen LogP contribution is 2.25. The first kappa shape index (κ1) is 21.2. The molecule has 0 aliphatic carbocycles. The number of ketones is 1. The molecule has 1 aromatic heterocycles. The van der Waals surface area contributed by atoms with E-state index in [-0.39, 0.29) is 18.1 Å². The van der Waals surface area contributed by atoms with Gasteiger partial charge in [-0.3, -0.25) is 9.59 Å². The summed E-state index contributed by atoms with van der Waals surface area (Å²) in [5.41, 5.74) is 0. The number of carbonyl (C=O) groups excluding carboxylic acids is 2. The van der Waals surface area contributed by atoms with Crippen LogP contribution in [0.5, 0.6) is 0 Å². The molecule has 1 aliphatic rings. The van der Waals surface area contributed by atoms with Crippen molar-refractivity contribution in [2.24, 2.45) is 11.8 Å². The third-order valence-electron chi connectivity index (χ3n) is 4.62. The Hall–Kier alpha value is -2.07. The number of carbonyl (C=O) groups is 2. The van der Waals surface area contributed by atoms with Gasteiger partial charge in [0.2, 0.25) is 11.9 Å². The smallest absolute Gasteiger partial charge is 0.426 e. The van der Waals surface area contributed by atoms with Crippen LogP contribution in [0.25, 0.3) is 0 Å². The fourth-order valence-electron chi connectivity index (χ4n) is 3.03. The van der Waals surface area contributed by atoms with Crippen LogP contribution in [0.3, 0.4) is 0 Å².